The van der Waals surface area contributed by atoms with Gasteiger partial charge in [-0.3, -0.25) is 0 Å². The molecule has 2 saturated heterocycles. The Morgan fingerprint density at radius 1 is 1.38 bits per heavy atom. The monoisotopic (exact) mass is 300 g/mol. The van der Waals surface area contributed by atoms with Crippen LogP contribution in [0.2, 0.25) is 0 Å². The van der Waals surface area contributed by atoms with Crippen LogP contribution in [-0.4, -0.2) is 39.9 Å². The van der Waals surface area contributed by atoms with Crippen molar-refractivity contribution in [1.82, 2.24) is 0 Å². The van der Waals surface area contributed by atoms with E-state index < -0.39 is 18.2 Å². The van der Waals surface area contributed by atoms with Crippen molar-refractivity contribution in [2.24, 2.45) is 0 Å². The van der Waals surface area contributed by atoms with E-state index in [2.05, 4.69) is 22.6 Å². The normalized spacial score (nSPS) is 48.0. The Balaban J connectivity index is 2.07. The van der Waals surface area contributed by atoms with E-state index in [0.29, 0.717) is 0 Å². The van der Waals surface area contributed by atoms with Crippen LogP contribution in [0.4, 0.5) is 0 Å². The van der Waals surface area contributed by atoms with Crippen molar-refractivity contribution in [3.05, 3.63) is 0 Å². The lowest BCUT2D eigenvalue weighted by atomic mass is 10.2. The minimum Gasteiger partial charge on any atom is -0.387 e. The zero-order valence-corrected chi connectivity index (χ0v) is 9.72. The van der Waals surface area contributed by atoms with Crippen LogP contribution in [-0.2, 0) is 14.2 Å². The number of ether oxygens (including phenoxy) is 3. The van der Waals surface area contributed by atoms with Crippen LogP contribution in [0.3, 0.4) is 0 Å². The van der Waals surface area contributed by atoms with Gasteiger partial charge in [0.1, 0.15) is 12.2 Å². The third-order valence-corrected chi connectivity index (χ3v) is 3.13. The number of fused-ring (bicyclic) bond motifs is 1. The van der Waals surface area contributed by atoms with Gasteiger partial charge in [0.05, 0.1) is 6.10 Å². The molecule has 0 aromatic rings. The first-order valence-electron chi connectivity index (χ1n) is 4.28. The zero-order chi connectivity index (χ0) is 9.64. The van der Waals surface area contributed by atoms with E-state index in [1.165, 1.54) is 0 Å². The van der Waals surface area contributed by atoms with E-state index in [4.69, 9.17) is 14.2 Å². The maximum Gasteiger partial charge on any atom is 0.190 e. The molecule has 0 amide bonds. The van der Waals surface area contributed by atoms with E-state index in [9.17, 15) is 5.11 Å². The Morgan fingerprint density at radius 3 is 2.62 bits per heavy atom. The fraction of sp³-hybridized carbons (Fsp3) is 1.00. The molecule has 0 aromatic carbocycles. The molecule has 0 radical (unpaired) electrons. The highest BCUT2D eigenvalue weighted by molar-refractivity contribution is 14.1. The number of alkyl halides is 1. The lowest BCUT2D eigenvalue weighted by Gasteiger charge is -2.21. The highest BCUT2D eigenvalue weighted by Crippen LogP contribution is 2.37. The molecule has 2 heterocycles. The van der Waals surface area contributed by atoms with Gasteiger partial charge in [-0.25, -0.2) is 0 Å². The van der Waals surface area contributed by atoms with Gasteiger partial charge < -0.3 is 19.3 Å². The third-order valence-electron chi connectivity index (χ3n) is 2.27. The molecule has 1 N–H and O–H groups in total. The Kier molecular flexibility index (Phi) is 2.57. The first kappa shape index (κ1) is 10.1. The highest BCUT2D eigenvalue weighted by Gasteiger charge is 2.53. The molecular formula is C8H13IO4. The summed E-state index contributed by atoms with van der Waals surface area (Å²) in [6, 6.07) is 0. The van der Waals surface area contributed by atoms with E-state index in [1.807, 2.05) is 13.8 Å². The van der Waals surface area contributed by atoms with Gasteiger partial charge in [0.15, 0.2) is 12.1 Å². The molecule has 0 bridgehead atoms. The van der Waals surface area contributed by atoms with Crippen molar-refractivity contribution in [2.45, 2.75) is 44.2 Å². The number of halogens is 1. The Bertz CT molecular complexity index is 208. The Hall–Kier alpha value is 0.570. The summed E-state index contributed by atoms with van der Waals surface area (Å²) in [5.74, 6) is -0.632. The summed E-state index contributed by atoms with van der Waals surface area (Å²) in [6.07, 6.45) is -1.45. The van der Waals surface area contributed by atoms with Crippen LogP contribution in [0.25, 0.3) is 0 Å². The molecular weight excluding hydrogens is 287 g/mol. The van der Waals surface area contributed by atoms with E-state index in [-0.39, 0.29) is 12.2 Å². The smallest absolute Gasteiger partial charge is 0.190 e. The summed E-state index contributed by atoms with van der Waals surface area (Å²) < 4.78 is 17.2. The van der Waals surface area contributed by atoms with Crippen molar-refractivity contribution in [1.29, 1.82) is 0 Å². The molecule has 0 saturated carbocycles. The number of rotatable bonds is 1. The highest BCUT2D eigenvalue weighted by atomic mass is 127. The predicted octanol–water partition coefficient (Wildman–Crippen LogP) is 0.659. The van der Waals surface area contributed by atoms with Gasteiger partial charge in [0, 0.05) is 4.43 Å². The van der Waals surface area contributed by atoms with E-state index >= 15 is 0 Å². The second-order valence-corrected chi connectivity index (χ2v) is 4.67. The molecule has 76 valence electrons. The molecule has 0 aromatic heterocycles. The van der Waals surface area contributed by atoms with Crippen molar-refractivity contribution in [2.75, 3.05) is 4.43 Å². The minimum absolute atomic E-state index is 0.160. The maximum absolute atomic E-state index is 9.76. The zero-order valence-electron chi connectivity index (χ0n) is 7.57. The topological polar surface area (TPSA) is 47.9 Å². The third kappa shape index (κ3) is 1.72. The van der Waals surface area contributed by atoms with Gasteiger partial charge in [0.2, 0.25) is 0 Å². The molecule has 2 fully saturated rings. The van der Waals surface area contributed by atoms with Gasteiger partial charge in [-0.15, -0.1) is 0 Å². The molecule has 4 atom stereocenters. The number of aliphatic hydroxyl groups excluding tert-OH is 1. The first-order chi connectivity index (χ1) is 6.03. The average molecular weight is 300 g/mol. The Morgan fingerprint density at radius 2 is 2.08 bits per heavy atom. The lowest BCUT2D eigenvalue weighted by molar-refractivity contribution is -0.211. The molecule has 2 aliphatic heterocycles. The fourth-order valence-corrected chi connectivity index (χ4v) is 2.41. The van der Waals surface area contributed by atoms with Crippen LogP contribution < -0.4 is 0 Å². The quantitative estimate of drug-likeness (QED) is 0.571. The molecule has 0 aliphatic carbocycles. The first-order valence-corrected chi connectivity index (χ1v) is 5.81. The molecule has 1 unspecified atom stereocenters. The average Bonchev–Trinajstić information content (AvgIpc) is 2.47. The molecule has 2 rings (SSSR count). The van der Waals surface area contributed by atoms with Crippen LogP contribution in [0, 0.1) is 0 Å². The number of hydrogen-bond acceptors (Lipinski definition) is 4. The van der Waals surface area contributed by atoms with Crippen molar-refractivity contribution in [3.8, 4) is 0 Å². The van der Waals surface area contributed by atoms with Crippen molar-refractivity contribution in [3.63, 3.8) is 0 Å². The van der Waals surface area contributed by atoms with Gasteiger partial charge in [0.25, 0.3) is 0 Å². The van der Waals surface area contributed by atoms with E-state index in [0.717, 1.165) is 4.43 Å². The van der Waals surface area contributed by atoms with Gasteiger partial charge in [-0.05, 0) is 13.8 Å². The fourth-order valence-electron chi connectivity index (χ4n) is 1.69. The van der Waals surface area contributed by atoms with Crippen LogP contribution in [0.5, 0.6) is 0 Å². The summed E-state index contributed by atoms with van der Waals surface area (Å²) >= 11 is 2.18. The van der Waals surface area contributed by atoms with Gasteiger partial charge in [-0.1, -0.05) is 22.6 Å². The summed E-state index contributed by atoms with van der Waals surface area (Å²) in [7, 11) is 0. The van der Waals surface area contributed by atoms with Crippen LogP contribution in [0.15, 0.2) is 0 Å². The minimum atomic E-state index is -0.632. The van der Waals surface area contributed by atoms with Crippen LogP contribution >= 0.6 is 22.6 Å². The molecule has 5 heteroatoms. The van der Waals surface area contributed by atoms with Gasteiger partial charge >= 0.3 is 0 Å². The van der Waals surface area contributed by atoms with Gasteiger partial charge in [-0.2, -0.15) is 0 Å². The molecule has 2 aliphatic rings. The SMILES string of the molecule is CC1(C)OC2O[C@H](CI)[C@H](O)[C@H]2O1. The summed E-state index contributed by atoms with van der Waals surface area (Å²) in [6.45, 7) is 3.64. The summed E-state index contributed by atoms with van der Waals surface area (Å²) in [4.78, 5) is 0. The number of hydrogen-bond donors (Lipinski definition) is 1. The standard InChI is InChI=1S/C8H13IO4/c1-8(2)12-6-5(10)4(3-9)11-7(6)13-8/h4-7,10H,3H2,1-2H3/t4-,5+,6-,7?/m1/s1. The summed E-state index contributed by atoms with van der Waals surface area (Å²) in [5.41, 5.74) is 0. The molecule has 4 nitrogen and oxygen atoms in total. The number of aliphatic hydroxyl groups is 1. The lowest BCUT2D eigenvalue weighted by Crippen LogP contribution is -2.35. The maximum atomic E-state index is 9.76. The Labute approximate surface area is 90.7 Å². The van der Waals surface area contributed by atoms with Crippen molar-refractivity contribution < 1.29 is 19.3 Å². The largest absolute Gasteiger partial charge is 0.387 e. The molecule has 13 heavy (non-hydrogen) atoms. The predicted molar refractivity (Wildman–Crippen MR) is 53.6 cm³/mol. The second-order valence-electron chi connectivity index (χ2n) is 3.79. The second kappa shape index (κ2) is 3.30. The summed E-state index contributed by atoms with van der Waals surface area (Å²) in [5, 5.41) is 9.76. The molecule has 0 spiro atoms. The van der Waals surface area contributed by atoms with Crippen molar-refractivity contribution >= 4 is 22.6 Å². The van der Waals surface area contributed by atoms with E-state index in [1.54, 1.807) is 0 Å². The van der Waals surface area contributed by atoms with Crippen LogP contribution in [0.1, 0.15) is 13.8 Å².